The number of thioether (sulfide) groups is 1. The van der Waals surface area contributed by atoms with Crippen LogP contribution in [0.3, 0.4) is 0 Å². The quantitative estimate of drug-likeness (QED) is 0.688. The van der Waals surface area contributed by atoms with Crippen molar-refractivity contribution >= 4 is 29.1 Å². The summed E-state index contributed by atoms with van der Waals surface area (Å²) in [6.07, 6.45) is 0. The van der Waals surface area contributed by atoms with E-state index >= 15 is 0 Å². The van der Waals surface area contributed by atoms with Crippen LogP contribution in [0.5, 0.6) is 11.5 Å². The van der Waals surface area contributed by atoms with E-state index in [9.17, 15) is 0 Å². The second kappa shape index (κ2) is 5.85. The number of nitrogens with two attached hydrogens (primary N) is 1. The Bertz CT molecular complexity index is 613. The van der Waals surface area contributed by atoms with Crippen LogP contribution in [0.1, 0.15) is 5.56 Å². The van der Waals surface area contributed by atoms with E-state index in [1.54, 1.807) is 11.8 Å². The molecule has 0 radical (unpaired) electrons. The average molecular weight is 308 g/mol. The van der Waals surface area contributed by atoms with Crippen molar-refractivity contribution in [3.05, 3.63) is 47.0 Å². The number of rotatable bonds is 3. The second-order valence-corrected chi connectivity index (χ2v) is 5.86. The summed E-state index contributed by atoms with van der Waals surface area (Å²) in [4.78, 5) is 1.11. The predicted octanol–water partition coefficient (Wildman–Crippen LogP) is 3.99. The third kappa shape index (κ3) is 2.81. The van der Waals surface area contributed by atoms with Crippen LogP contribution in [-0.2, 0) is 5.75 Å². The number of nitrogen functional groups attached to an aromatic ring is 1. The van der Waals surface area contributed by atoms with Crippen molar-refractivity contribution < 1.29 is 9.47 Å². The molecule has 2 aromatic carbocycles. The Hall–Kier alpha value is -1.52. The Morgan fingerprint density at radius 3 is 2.70 bits per heavy atom. The summed E-state index contributed by atoms with van der Waals surface area (Å²) >= 11 is 7.85. The van der Waals surface area contributed by atoms with Gasteiger partial charge in [-0.15, -0.1) is 11.8 Å². The van der Waals surface area contributed by atoms with Crippen LogP contribution in [-0.4, -0.2) is 13.2 Å². The van der Waals surface area contributed by atoms with Crippen molar-refractivity contribution in [2.75, 3.05) is 18.9 Å². The van der Waals surface area contributed by atoms with Gasteiger partial charge in [0.2, 0.25) is 0 Å². The zero-order valence-corrected chi connectivity index (χ0v) is 12.3. The minimum atomic E-state index is 0.596. The van der Waals surface area contributed by atoms with Gasteiger partial charge in [0.05, 0.1) is 0 Å². The Labute approximate surface area is 127 Å². The average Bonchev–Trinajstić information content (AvgIpc) is 2.46. The minimum Gasteiger partial charge on any atom is -0.486 e. The number of hydrogen-bond donors (Lipinski definition) is 1. The molecule has 104 valence electrons. The van der Waals surface area contributed by atoms with Crippen LogP contribution in [0.2, 0.25) is 5.02 Å². The summed E-state index contributed by atoms with van der Waals surface area (Å²) in [5.74, 6) is 2.33. The summed E-state index contributed by atoms with van der Waals surface area (Å²) in [5, 5.41) is 0.704. The fourth-order valence-corrected chi connectivity index (χ4v) is 3.31. The topological polar surface area (TPSA) is 44.5 Å². The van der Waals surface area contributed by atoms with Crippen molar-refractivity contribution in [3.63, 3.8) is 0 Å². The Kier molecular flexibility index (Phi) is 3.94. The van der Waals surface area contributed by atoms with Crippen molar-refractivity contribution in [3.8, 4) is 11.5 Å². The molecule has 0 saturated carbocycles. The molecule has 1 aliphatic heterocycles. The molecule has 3 rings (SSSR count). The molecule has 1 aliphatic rings. The molecule has 0 saturated heterocycles. The van der Waals surface area contributed by atoms with Crippen molar-refractivity contribution in [1.82, 2.24) is 0 Å². The van der Waals surface area contributed by atoms with Gasteiger partial charge in [-0.2, -0.15) is 0 Å². The molecular weight excluding hydrogens is 294 g/mol. The van der Waals surface area contributed by atoms with E-state index in [2.05, 4.69) is 0 Å². The highest BCUT2D eigenvalue weighted by Gasteiger charge is 2.12. The lowest BCUT2D eigenvalue weighted by Crippen LogP contribution is -2.15. The van der Waals surface area contributed by atoms with E-state index in [-0.39, 0.29) is 0 Å². The van der Waals surface area contributed by atoms with E-state index in [0.717, 1.165) is 33.4 Å². The standard InChI is InChI=1S/C15H14ClNO2S/c16-12-2-1-3-13(17)11(12)9-20-10-4-5-14-15(8-10)19-7-6-18-14/h1-5,8H,6-7,9,17H2. The lowest BCUT2D eigenvalue weighted by atomic mass is 10.2. The van der Waals surface area contributed by atoms with E-state index in [4.69, 9.17) is 26.8 Å². The van der Waals surface area contributed by atoms with Gasteiger partial charge in [0, 0.05) is 26.9 Å². The van der Waals surface area contributed by atoms with Crippen LogP contribution in [0, 0.1) is 0 Å². The molecule has 0 aromatic heterocycles. The molecule has 0 spiro atoms. The molecule has 3 nitrogen and oxygen atoms in total. The molecule has 0 amide bonds. The first-order valence-corrected chi connectivity index (χ1v) is 7.66. The van der Waals surface area contributed by atoms with Gasteiger partial charge in [0.15, 0.2) is 11.5 Å². The van der Waals surface area contributed by atoms with Gasteiger partial charge >= 0.3 is 0 Å². The van der Waals surface area contributed by atoms with E-state index in [1.807, 2.05) is 36.4 Å². The molecule has 2 N–H and O–H groups in total. The number of ether oxygens (including phenoxy) is 2. The Balaban J connectivity index is 1.75. The second-order valence-electron chi connectivity index (χ2n) is 4.40. The van der Waals surface area contributed by atoms with Gasteiger partial charge in [0.1, 0.15) is 13.2 Å². The first-order chi connectivity index (χ1) is 9.74. The monoisotopic (exact) mass is 307 g/mol. The van der Waals surface area contributed by atoms with Gasteiger partial charge in [-0.25, -0.2) is 0 Å². The Morgan fingerprint density at radius 1 is 1.10 bits per heavy atom. The van der Waals surface area contributed by atoms with Crippen LogP contribution in [0.4, 0.5) is 5.69 Å². The molecule has 5 heteroatoms. The van der Waals surface area contributed by atoms with Crippen LogP contribution >= 0.6 is 23.4 Å². The van der Waals surface area contributed by atoms with E-state index in [1.165, 1.54) is 0 Å². The van der Waals surface area contributed by atoms with Gasteiger partial charge in [-0.1, -0.05) is 17.7 Å². The lowest BCUT2D eigenvalue weighted by Gasteiger charge is -2.18. The largest absolute Gasteiger partial charge is 0.486 e. The highest BCUT2D eigenvalue weighted by atomic mass is 35.5. The summed E-state index contributed by atoms with van der Waals surface area (Å²) in [6, 6.07) is 11.5. The molecule has 0 aliphatic carbocycles. The number of benzene rings is 2. The normalized spacial score (nSPS) is 13.2. The van der Waals surface area contributed by atoms with Crippen molar-refractivity contribution in [2.45, 2.75) is 10.6 Å². The van der Waals surface area contributed by atoms with Crippen molar-refractivity contribution in [1.29, 1.82) is 0 Å². The number of hydrogen-bond acceptors (Lipinski definition) is 4. The van der Waals surface area contributed by atoms with Crippen LogP contribution < -0.4 is 15.2 Å². The molecule has 0 fully saturated rings. The maximum atomic E-state index is 6.17. The highest BCUT2D eigenvalue weighted by molar-refractivity contribution is 7.98. The minimum absolute atomic E-state index is 0.596. The number of anilines is 1. The highest BCUT2D eigenvalue weighted by Crippen LogP contribution is 2.36. The third-order valence-electron chi connectivity index (χ3n) is 3.05. The molecule has 20 heavy (non-hydrogen) atoms. The maximum Gasteiger partial charge on any atom is 0.162 e. The summed E-state index contributed by atoms with van der Waals surface area (Å²) < 4.78 is 11.1. The van der Waals surface area contributed by atoms with Gasteiger partial charge in [0.25, 0.3) is 0 Å². The van der Waals surface area contributed by atoms with Crippen LogP contribution in [0.15, 0.2) is 41.3 Å². The number of halogens is 1. The van der Waals surface area contributed by atoms with E-state index < -0.39 is 0 Å². The molecule has 0 bridgehead atoms. The zero-order chi connectivity index (χ0) is 13.9. The molecular formula is C15H14ClNO2S. The van der Waals surface area contributed by atoms with E-state index in [0.29, 0.717) is 18.2 Å². The molecule has 0 atom stereocenters. The van der Waals surface area contributed by atoms with Gasteiger partial charge in [-0.3, -0.25) is 0 Å². The molecule has 1 heterocycles. The maximum absolute atomic E-state index is 6.17. The third-order valence-corrected chi connectivity index (χ3v) is 4.43. The summed E-state index contributed by atoms with van der Waals surface area (Å²) in [7, 11) is 0. The summed E-state index contributed by atoms with van der Waals surface area (Å²) in [6.45, 7) is 1.20. The molecule has 0 unspecified atom stereocenters. The fraction of sp³-hybridized carbons (Fsp3) is 0.200. The first kappa shape index (κ1) is 13.5. The lowest BCUT2D eigenvalue weighted by molar-refractivity contribution is 0.171. The molecule has 2 aromatic rings. The fourth-order valence-electron chi connectivity index (χ4n) is 2.00. The Morgan fingerprint density at radius 2 is 1.90 bits per heavy atom. The predicted molar refractivity (Wildman–Crippen MR) is 82.9 cm³/mol. The number of fused-ring (bicyclic) bond motifs is 1. The summed E-state index contributed by atoms with van der Waals surface area (Å²) in [5.41, 5.74) is 7.65. The van der Waals surface area contributed by atoms with Gasteiger partial charge < -0.3 is 15.2 Å². The van der Waals surface area contributed by atoms with Gasteiger partial charge in [-0.05, 0) is 30.3 Å². The van der Waals surface area contributed by atoms with Crippen molar-refractivity contribution in [2.24, 2.45) is 0 Å². The SMILES string of the molecule is Nc1cccc(Cl)c1CSc1ccc2c(c1)OCCO2. The smallest absolute Gasteiger partial charge is 0.162 e. The first-order valence-electron chi connectivity index (χ1n) is 6.29. The van der Waals surface area contributed by atoms with Crippen LogP contribution in [0.25, 0.3) is 0 Å². The zero-order valence-electron chi connectivity index (χ0n) is 10.8.